The molecule has 0 spiro atoms. The lowest BCUT2D eigenvalue weighted by atomic mass is 10.1. The summed E-state index contributed by atoms with van der Waals surface area (Å²) in [6, 6.07) is 6.13. The number of benzene rings is 1. The number of rotatable bonds is 5. The van der Waals surface area contributed by atoms with Gasteiger partial charge in [0.1, 0.15) is 15.7 Å². The van der Waals surface area contributed by atoms with Crippen LogP contribution in [0.1, 0.15) is 40.3 Å². The molecule has 28 heavy (non-hydrogen) atoms. The Morgan fingerprint density at radius 2 is 1.93 bits per heavy atom. The molecule has 0 radical (unpaired) electrons. The third-order valence-electron chi connectivity index (χ3n) is 4.70. The Kier molecular flexibility index (Phi) is 5.79. The van der Waals surface area contributed by atoms with E-state index in [0.29, 0.717) is 20.7 Å². The SMILES string of the molecule is Cc1nc(-c2ccc(F)cc2)sc1C(=O)Nc1nc(CN2CCCCC2)cs1. The normalized spacial score (nSPS) is 14.9. The standard InChI is InChI=1S/C20H21FN4OS2/c1-13-17(28-19(22-13)14-5-7-15(21)8-6-14)18(26)24-20-23-16(12-27-20)11-25-9-3-2-4-10-25/h5-8,12H,2-4,9-11H2,1H3,(H,23,24,26). The molecule has 0 bridgehead atoms. The van der Waals surface area contributed by atoms with Crippen molar-refractivity contribution in [2.75, 3.05) is 18.4 Å². The van der Waals surface area contributed by atoms with Gasteiger partial charge in [-0.25, -0.2) is 14.4 Å². The van der Waals surface area contributed by atoms with Crippen molar-refractivity contribution in [2.24, 2.45) is 0 Å². The van der Waals surface area contributed by atoms with Crippen molar-refractivity contribution in [3.05, 3.63) is 51.7 Å². The average molecular weight is 417 g/mol. The van der Waals surface area contributed by atoms with E-state index in [2.05, 4.69) is 20.2 Å². The lowest BCUT2D eigenvalue weighted by Crippen LogP contribution is -2.29. The smallest absolute Gasteiger partial charge is 0.269 e. The first-order valence-electron chi connectivity index (χ1n) is 9.30. The summed E-state index contributed by atoms with van der Waals surface area (Å²) in [5, 5.41) is 6.20. The summed E-state index contributed by atoms with van der Waals surface area (Å²) >= 11 is 2.75. The number of hydrogen-bond donors (Lipinski definition) is 1. The summed E-state index contributed by atoms with van der Waals surface area (Å²) in [4.78, 5) is 24.7. The van der Waals surface area contributed by atoms with E-state index < -0.39 is 0 Å². The number of amides is 1. The molecule has 0 aliphatic carbocycles. The third kappa shape index (κ3) is 4.45. The highest BCUT2D eigenvalue weighted by atomic mass is 32.1. The van der Waals surface area contributed by atoms with Gasteiger partial charge in [0.25, 0.3) is 5.91 Å². The fourth-order valence-corrected chi connectivity index (χ4v) is 4.92. The first-order chi connectivity index (χ1) is 13.6. The zero-order chi connectivity index (χ0) is 19.5. The summed E-state index contributed by atoms with van der Waals surface area (Å²) in [7, 11) is 0. The number of piperidine rings is 1. The quantitative estimate of drug-likeness (QED) is 0.639. The minimum Gasteiger partial charge on any atom is -0.297 e. The van der Waals surface area contributed by atoms with Crippen LogP contribution in [0.4, 0.5) is 9.52 Å². The van der Waals surface area contributed by atoms with Crippen molar-refractivity contribution in [2.45, 2.75) is 32.7 Å². The number of carbonyl (C=O) groups is 1. The molecule has 1 aromatic carbocycles. The molecule has 0 atom stereocenters. The fraction of sp³-hybridized carbons (Fsp3) is 0.350. The molecule has 146 valence electrons. The summed E-state index contributed by atoms with van der Waals surface area (Å²) in [6.07, 6.45) is 3.80. The predicted molar refractivity (Wildman–Crippen MR) is 111 cm³/mol. The Balaban J connectivity index is 1.43. The Labute approximate surface area is 171 Å². The van der Waals surface area contributed by atoms with Gasteiger partial charge >= 0.3 is 0 Å². The van der Waals surface area contributed by atoms with E-state index in [1.54, 1.807) is 12.1 Å². The maximum absolute atomic E-state index is 13.1. The predicted octanol–water partition coefficient (Wildman–Crippen LogP) is 4.95. The van der Waals surface area contributed by atoms with Crippen molar-refractivity contribution < 1.29 is 9.18 Å². The molecule has 3 aromatic rings. The first-order valence-corrected chi connectivity index (χ1v) is 11.0. The second-order valence-corrected chi connectivity index (χ2v) is 8.73. The Morgan fingerprint density at radius 1 is 1.18 bits per heavy atom. The van der Waals surface area contributed by atoms with Gasteiger partial charge in [-0.15, -0.1) is 22.7 Å². The largest absolute Gasteiger partial charge is 0.297 e. The molecule has 0 unspecified atom stereocenters. The Morgan fingerprint density at radius 3 is 2.68 bits per heavy atom. The van der Waals surface area contributed by atoms with Gasteiger partial charge in [0, 0.05) is 17.5 Å². The monoisotopic (exact) mass is 416 g/mol. The number of carbonyl (C=O) groups excluding carboxylic acids is 1. The van der Waals surface area contributed by atoms with Gasteiger partial charge < -0.3 is 0 Å². The van der Waals surface area contributed by atoms with Gasteiger partial charge in [-0.2, -0.15) is 0 Å². The maximum atomic E-state index is 13.1. The minimum absolute atomic E-state index is 0.206. The number of anilines is 1. The van der Waals surface area contributed by atoms with E-state index in [0.717, 1.165) is 30.9 Å². The second kappa shape index (κ2) is 8.46. The lowest BCUT2D eigenvalue weighted by Gasteiger charge is -2.25. The molecule has 1 fully saturated rings. The van der Waals surface area contributed by atoms with Gasteiger partial charge in [-0.05, 0) is 57.1 Å². The van der Waals surface area contributed by atoms with Crippen LogP contribution in [0.25, 0.3) is 10.6 Å². The van der Waals surface area contributed by atoms with Crippen LogP contribution in [-0.2, 0) is 6.54 Å². The number of halogens is 1. The number of thiazole rings is 2. The second-order valence-electron chi connectivity index (χ2n) is 6.88. The molecule has 1 aliphatic heterocycles. The van der Waals surface area contributed by atoms with Crippen LogP contribution in [0.15, 0.2) is 29.6 Å². The number of nitrogens with zero attached hydrogens (tertiary/aromatic N) is 3. The minimum atomic E-state index is -0.292. The number of hydrogen-bond acceptors (Lipinski definition) is 6. The highest BCUT2D eigenvalue weighted by Gasteiger charge is 2.18. The van der Waals surface area contributed by atoms with E-state index in [-0.39, 0.29) is 11.7 Å². The van der Waals surface area contributed by atoms with Crippen molar-refractivity contribution in [3.8, 4) is 10.6 Å². The fourth-order valence-electron chi connectivity index (χ4n) is 3.26. The molecular weight excluding hydrogens is 395 g/mol. The zero-order valence-electron chi connectivity index (χ0n) is 15.6. The van der Waals surface area contributed by atoms with E-state index in [1.807, 2.05) is 12.3 Å². The van der Waals surface area contributed by atoms with Crippen LogP contribution in [0.2, 0.25) is 0 Å². The molecule has 3 heterocycles. The summed E-state index contributed by atoms with van der Waals surface area (Å²) in [5.41, 5.74) is 2.45. The molecule has 1 N–H and O–H groups in total. The highest BCUT2D eigenvalue weighted by molar-refractivity contribution is 7.17. The Hall–Kier alpha value is -2.16. The molecule has 1 aliphatic rings. The van der Waals surface area contributed by atoms with Gasteiger partial charge in [-0.3, -0.25) is 15.0 Å². The van der Waals surface area contributed by atoms with E-state index in [4.69, 9.17) is 0 Å². The van der Waals surface area contributed by atoms with Crippen LogP contribution < -0.4 is 5.32 Å². The van der Waals surface area contributed by atoms with Crippen molar-refractivity contribution >= 4 is 33.7 Å². The van der Waals surface area contributed by atoms with Crippen LogP contribution in [0, 0.1) is 12.7 Å². The molecule has 1 amide bonds. The first kappa shape index (κ1) is 19.2. The summed E-state index contributed by atoms with van der Waals surface area (Å²) in [5.74, 6) is -0.499. The summed E-state index contributed by atoms with van der Waals surface area (Å²) in [6.45, 7) is 4.87. The van der Waals surface area contributed by atoms with Crippen molar-refractivity contribution in [3.63, 3.8) is 0 Å². The molecule has 1 saturated heterocycles. The lowest BCUT2D eigenvalue weighted by molar-refractivity contribution is 0.102. The molecule has 5 nitrogen and oxygen atoms in total. The molecule has 4 rings (SSSR count). The molecule has 8 heteroatoms. The van der Waals surface area contributed by atoms with E-state index in [9.17, 15) is 9.18 Å². The average Bonchev–Trinajstić information content (AvgIpc) is 3.29. The topological polar surface area (TPSA) is 58.1 Å². The summed E-state index contributed by atoms with van der Waals surface area (Å²) < 4.78 is 13.1. The third-order valence-corrected chi connectivity index (χ3v) is 6.71. The van der Waals surface area contributed by atoms with Gasteiger partial charge in [0.05, 0.1) is 11.4 Å². The van der Waals surface area contributed by atoms with Gasteiger partial charge in [0.2, 0.25) is 0 Å². The number of aryl methyl sites for hydroxylation is 1. The van der Waals surface area contributed by atoms with Gasteiger partial charge in [-0.1, -0.05) is 6.42 Å². The van der Waals surface area contributed by atoms with Crippen LogP contribution >= 0.6 is 22.7 Å². The maximum Gasteiger partial charge on any atom is 0.269 e. The molecular formula is C20H21FN4OS2. The zero-order valence-corrected chi connectivity index (χ0v) is 17.2. The van der Waals surface area contributed by atoms with Crippen LogP contribution in [-0.4, -0.2) is 33.9 Å². The van der Waals surface area contributed by atoms with E-state index >= 15 is 0 Å². The van der Waals surface area contributed by atoms with Crippen molar-refractivity contribution in [1.82, 2.24) is 14.9 Å². The number of likely N-dealkylation sites (tertiary alicyclic amines) is 1. The highest BCUT2D eigenvalue weighted by Crippen LogP contribution is 2.29. The molecule has 0 saturated carbocycles. The van der Waals surface area contributed by atoms with E-state index in [1.165, 1.54) is 54.1 Å². The number of nitrogens with one attached hydrogen (secondary N) is 1. The van der Waals surface area contributed by atoms with Crippen molar-refractivity contribution in [1.29, 1.82) is 0 Å². The van der Waals surface area contributed by atoms with Crippen LogP contribution in [0.3, 0.4) is 0 Å². The van der Waals surface area contributed by atoms with Gasteiger partial charge in [0.15, 0.2) is 5.13 Å². The molecule has 2 aromatic heterocycles. The Bertz CT molecular complexity index is 961. The van der Waals surface area contributed by atoms with Crippen LogP contribution in [0.5, 0.6) is 0 Å². The number of aromatic nitrogens is 2.